The van der Waals surface area contributed by atoms with Crippen LogP contribution in [0.25, 0.3) is 11.3 Å². The van der Waals surface area contributed by atoms with Crippen molar-refractivity contribution in [2.75, 3.05) is 13.1 Å². The van der Waals surface area contributed by atoms with E-state index in [1.54, 1.807) is 0 Å². The maximum Gasteiger partial charge on any atom is 0.309 e. The molecule has 2 N–H and O–H groups in total. The Hall–Kier alpha value is -2.81. The Labute approximate surface area is 172 Å². The first kappa shape index (κ1) is 20.5. The summed E-state index contributed by atoms with van der Waals surface area (Å²) in [6, 6.07) is 4.16. The van der Waals surface area contributed by atoms with Crippen molar-refractivity contribution in [2.24, 2.45) is 5.92 Å². The highest BCUT2D eigenvalue weighted by Crippen LogP contribution is 2.29. The van der Waals surface area contributed by atoms with E-state index in [4.69, 9.17) is 4.52 Å². The van der Waals surface area contributed by atoms with Crippen molar-refractivity contribution < 1.29 is 28.0 Å². The molecule has 7 nitrogen and oxygen atoms in total. The van der Waals surface area contributed by atoms with E-state index in [1.165, 1.54) is 25.0 Å². The van der Waals surface area contributed by atoms with Crippen LogP contribution >= 0.6 is 0 Å². The maximum absolute atomic E-state index is 13.9. The third kappa shape index (κ3) is 4.21. The number of carboxylic acids is 1. The molecule has 0 radical (unpaired) electrons. The van der Waals surface area contributed by atoms with Gasteiger partial charge in [-0.3, -0.25) is 14.5 Å². The highest BCUT2D eigenvalue weighted by atomic mass is 19.1. The molecule has 2 fully saturated rings. The number of nitrogens with one attached hydrogen (secondary N) is 1. The van der Waals surface area contributed by atoms with Gasteiger partial charge >= 0.3 is 5.97 Å². The first-order valence-electron chi connectivity index (χ1n) is 10.1. The van der Waals surface area contributed by atoms with Gasteiger partial charge in [-0.05, 0) is 31.4 Å². The number of carboxylic acid groups (broad SMARTS) is 1. The number of rotatable bonds is 5. The molecule has 0 spiro atoms. The van der Waals surface area contributed by atoms with Crippen molar-refractivity contribution in [3.63, 3.8) is 0 Å². The Morgan fingerprint density at radius 3 is 2.63 bits per heavy atom. The molecule has 160 valence electrons. The zero-order valence-corrected chi connectivity index (χ0v) is 16.3. The van der Waals surface area contributed by atoms with E-state index < -0.39 is 35.5 Å². The van der Waals surface area contributed by atoms with E-state index in [-0.39, 0.29) is 17.0 Å². The molecule has 1 aliphatic heterocycles. The molecule has 2 aliphatic rings. The van der Waals surface area contributed by atoms with Gasteiger partial charge in [-0.1, -0.05) is 18.0 Å². The Morgan fingerprint density at radius 1 is 1.17 bits per heavy atom. The Balaban J connectivity index is 1.44. The molecule has 30 heavy (non-hydrogen) atoms. The Morgan fingerprint density at radius 2 is 1.93 bits per heavy atom. The van der Waals surface area contributed by atoms with Crippen LogP contribution in [-0.2, 0) is 4.79 Å². The van der Waals surface area contributed by atoms with Crippen molar-refractivity contribution in [3.05, 3.63) is 41.7 Å². The third-order valence-electron chi connectivity index (χ3n) is 6.06. The molecular formula is C21H23F2N3O4. The van der Waals surface area contributed by atoms with Crippen LogP contribution in [0, 0.1) is 17.6 Å². The number of likely N-dealkylation sites (tertiary alicyclic amines) is 1. The van der Waals surface area contributed by atoms with E-state index in [1.807, 2.05) is 0 Å². The molecule has 9 heteroatoms. The number of amides is 1. The van der Waals surface area contributed by atoms with Gasteiger partial charge in [0.05, 0.1) is 5.92 Å². The van der Waals surface area contributed by atoms with Crippen LogP contribution in [0.2, 0.25) is 0 Å². The van der Waals surface area contributed by atoms with Gasteiger partial charge in [0.15, 0.2) is 0 Å². The van der Waals surface area contributed by atoms with Crippen LogP contribution in [0.3, 0.4) is 0 Å². The minimum absolute atomic E-state index is 0.00693. The first-order chi connectivity index (χ1) is 14.4. The monoisotopic (exact) mass is 419 g/mol. The highest BCUT2D eigenvalue weighted by Gasteiger charge is 2.38. The molecule has 4 rings (SSSR count). The van der Waals surface area contributed by atoms with Crippen LogP contribution in [0.4, 0.5) is 8.78 Å². The molecule has 1 aliphatic carbocycles. The summed E-state index contributed by atoms with van der Waals surface area (Å²) in [5.41, 5.74) is 0.0657. The largest absolute Gasteiger partial charge is 0.481 e. The van der Waals surface area contributed by atoms with Crippen molar-refractivity contribution in [3.8, 4) is 11.3 Å². The molecule has 1 aromatic heterocycles. The van der Waals surface area contributed by atoms with Crippen molar-refractivity contribution in [1.29, 1.82) is 0 Å². The van der Waals surface area contributed by atoms with Crippen LogP contribution in [0.5, 0.6) is 0 Å². The lowest BCUT2D eigenvalue weighted by molar-refractivity contribution is -0.145. The summed E-state index contributed by atoms with van der Waals surface area (Å²) in [5.74, 6) is -3.98. The SMILES string of the molecule is O=C(N[C@H]1CCN(C2CCCC2)C[C@@H]1C(=O)O)c1cc(-c2ccc(F)cc2F)no1. The molecule has 0 unspecified atom stereocenters. The second kappa shape index (κ2) is 8.51. The fraction of sp³-hybridized carbons (Fsp3) is 0.476. The number of piperidine rings is 1. The number of hydrogen-bond donors (Lipinski definition) is 2. The normalized spacial score (nSPS) is 22.9. The summed E-state index contributed by atoms with van der Waals surface area (Å²) in [6.07, 6.45) is 5.03. The maximum atomic E-state index is 13.9. The molecule has 2 heterocycles. The zero-order valence-electron chi connectivity index (χ0n) is 16.3. The molecule has 2 aromatic rings. The molecular weight excluding hydrogens is 396 g/mol. The molecule has 1 amide bonds. The number of aromatic nitrogens is 1. The van der Waals surface area contributed by atoms with Crippen molar-refractivity contribution in [2.45, 2.75) is 44.2 Å². The summed E-state index contributed by atoms with van der Waals surface area (Å²) < 4.78 is 32.0. The number of aliphatic carboxylic acids is 1. The minimum atomic E-state index is -0.949. The standard InChI is InChI=1S/C21H23F2N3O4/c22-12-5-6-14(16(23)9-12)18-10-19(30-25-18)20(27)24-17-7-8-26(11-15(17)21(28)29)13-3-1-2-4-13/h5-6,9-10,13,15,17H,1-4,7-8,11H2,(H,24,27)(H,28,29)/t15-,17-/m0/s1. The summed E-state index contributed by atoms with van der Waals surface area (Å²) in [7, 11) is 0. The van der Waals surface area contributed by atoms with Crippen LogP contribution < -0.4 is 5.32 Å². The van der Waals surface area contributed by atoms with Crippen molar-refractivity contribution in [1.82, 2.24) is 15.4 Å². The summed E-state index contributed by atoms with van der Waals surface area (Å²) in [4.78, 5) is 26.6. The fourth-order valence-corrected chi connectivity index (χ4v) is 4.45. The van der Waals surface area contributed by atoms with E-state index >= 15 is 0 Å². The average molecular weight is 419 g/mol. The van der Waals surface area contributed by atoms with Gasteiger partial charge in [-0.25, -0.2) is 8.78 Å². The summed E-state index contributed by atoms with van der Waals surface area (Å²) >= 11 is 0. The number of benzene rings is 1. The molecule has 2 atom stereocenters. The van der Waals surface area contributed by atoms with Gasteiger partial charge in [0.1, 0.15) is 17.3 Å². The topological polar surface area (TPSA) is 95.7 Å². The van der Waals surface area contributed by atoms with Gasteiger partial charge in [0.25, 0.3) is 5.91 Å². The van der Waals surface area contributed by atoms with Crippen LogP contribution in [-0.4, -0.2) is 52.2 Å². The second-order valence-electron chi connectivity index (χ2n) is 7.95. The lowest BCUT2D eigenvalue weighted by Crippen LogP contribution is -2.55. The van der Waals surface area contributed by atoms with Gasteiger partial charge in [-0.15, -0.1) is 0 Å². The van der Waals surface area contributed by atoms with Gasteiger partial charge < -0.3 is 14.9 Å². The van der Waals surface area contributed by atoms with Gasteiger partial charge in [0.2, 0.25) is 5.76 Å². The minimum Gasteiger partial charge on any atom is -0.481 e. The van der Waals surface area contributed by atoms with Crippen LogP contribution in [0.1, 0.15) is 42.7 Å². The number of hydrogen-bond acceptors (Lipinski definition) is 5. The van der Waals surface area contributed by atoms with Crippen LogP contribution in [0.15, 0.2) is 28.8 Å². The molecule has 1 saturated carbocycles. The van der Waals surface area contributed by atoms with E-state index in [9.17, 15) is 23.5 Å². The number of carbonyl (C=O) groups is 2. The Kier molecular flexibility index (Phi) is 5.80. The smallest absolute Gasteiger partial charge is 0.309 e. The lowest BCUT2D eigenvalue weighted by Gasteiger charge is -2.39. The quantitative estimate of drug-likeness (QED) is 0.773. The van der Waals surface area contributed by atoms with E-state index in [2.05, 4.69) is 15.4 Å². The fourth-order valence-electron chi connectivity index (χ4n) is 4.45. The second-order valence-corrected chi connectivity index (χ2v) is 7.95. The summed E-state index contributed by atoms with van der Waals surface area (Å²) in [5, 5.41) is 16.1. The first-order valence-corrected chi connectivity index (χ1v) is 10.1. The molecule has 1 saturated heterocycles. The third-order valence-corrected chi connectivity index (χ3v) is 6.06. The number of carbonyl (C=O) groups excluding carboxylic acids is 1. The predicted octanol–water partition coefficient (Wildman–Crippen LogP) is 3.07. The number of halogens is 2. The van der Waals surface area contributed by atoms with Gasteiger partial charge in [0, 0.05) is 42.9 Å². The Bertz CT molecular complexity index is 942. The predicted molar refractivity (Wildman–Crippen MR) is 103 cm³/mol. The number of nitrogens with zero attached hydrogens (tertiary/aromatic N) is 2. The zero-order chi connectivity index (χ0) is 21.3. The van der Waals surface area contributed by atoms with E-state index in [0.29, 0.717) is 19.0 Å². The lowest BCUT2D eigenvalue weighted by atomic mass is 9.90. The summed E-state index contributed by atoms with van der Waals surface area (Å²) in [6.45, 7) is 1.12. The van der Waals surface area contributed by atoms with Gasteiger partial charge in [-0.2, -0.15) is 0 Å². The van der Waals surface area contributed by atoms with E-state index in [0.717, 1.165) is 31.5 Å². The van der Waals surface area contributed by atoms with Crippen molar-refractivity contribution >= 4 is 11.9 Å². The highest BCUT2D eigenvalue weighted by molar-refractivity contribution is 5.93. The average Bonchev–Trinajstić information content (AvgIpc) is 3.40. The molecule has 0 bridgehead atoms. The molecule has 1 aromatic carbocycles.